The molecule has 1 N–H and O–H groups in total. The zero-order chi connectivity index (χ0) is 16.1. The van der Waals surface area contributed by atoms with Crippen molar-refractivity contribution in [1.29, 1.82) is 0 Å². The summed E-state index contributed by atoms with van der Waals surface area (Å²) in [4.78, 5) is 16.1. The average molecular weight is 317 g/mol. The van der Waals surface area contributed by atoms with Gasteiger partial charge in [-0.1, -0.05) is 36.6 Å². The maximum Gasteiger partial charge on any atom is 0.246 e. The number of halogens is 1. The summed E-state index contributed by atoms with van der Waals surface area (Å²) < 4.78 is 18.7. The van der Waals surface area contributed by atoms with Gasteiger partial charge in [-0.3, -0.25) is 4.79 Å². The third kappa shape index (κ3) is 4.15. The molecule has 0 atom stereocenters. The Morgan fingerprint density at radius 3 is 2.83 bits per heavy atom. The molecule has 5 nitrogen and oxygen atoms in total. The number of carbonyl (C=O) groups excluding carboxylic acids is 1. The SMILES string of the molecule is O=C(CC1CCCCC1)NCc1nc(-c2ccccc2F)no1. The summed E-state index contributed by atoms with van der Waals surface area (Å²) in [6.45, 7) is 0.174. The van der Waals surface area contributed by atoms with Crippen LogP contribution in [0.3, 0.4) is 0 Å². The summed E-state index contributed by atoms with van der Waals surface area (Å²) in [7, 11) is 0. The van der Waals surface area contributed by atoms with Crippen molar-refractivity contribution >= 4 is 5.91 Å². The molecular weight excluding hydrogens is 297 g/mol. The van der Waals surface area contributed by atoms with Gasteiger partial charge in [-0.05, 0) is 30.9 Å². The molecule has 1 heterocycles. The van der Waals surface area contributed by atoms with E-state index in [-0.39, 0.29) is 29.7 Å². The topological polar surface area (TPSA) is 68.0 Å². The lowest BCUT2D eigenvalue weighted by molar-refractivity contribution is -0.122. The highest BCUT2D eigenvalue weighted by molar-refractivity contribution is 5.76. The molecule has 1 aromatic carbocycles. The maximum absolute atomic E-state index is 13.7. The van der Waals surface area contributed by atoms with Crippen LogP contribution in [0.2, 0.25) is 0 Å². The van der Waals surface area contributed by atoms with Gasteiger partial charge in [0.15, 0.2) is 0 Å². The van der Waals surface area contributed by atoms with Crippen molar-refractivity contribution in [2.24, 2.45) is 5.92 Å². The van der Waals surface area contributed by atoms with Crippen molar-refractivity contribution in [3.05, 3.63) is 36.0 Å². The molecular formula is C17H20FN3O2. The number of rotatable bonds is 5. The van der Waals surface area contributed by atoms with E-state index in [9.17, 15) is 9.18 Å². The van der Waals surface area contributed by atoms with E-state index in [0.717, 1.165) is 12.8 Å². The van der Waals surface area contributed by atoms with E-state index in [4.69, 9.17) is 4.52 Å². The molecule has 0 aliphatic heterocycles. The normalized spacial score (nSPS) is 15.5. The molecule has 0 radical (unpaired) electrons. The fraction of sp³-hybridized carbons (Fsp3) is 0.471. The van der Waals surface area contributed by atoms with Gasteiger partial charge in [0, 0.05) is 6.42 Å². The van der Waals surface area contributed by atoms with Crippen LogP contribution in [0.4, 0.5) is 4.39 Å². The van der Waals surface area contributed by atoms with E-state index in [1.807, 2.05) is 0 Å². The molecule has 0 unspecified atom stereocenters. The lowest BCUT2D eigenvalue weighted by Gasteiger charge is -2.20. The van der Waals surface area contributed by atoms with Crippen molar-refractivity contribution < 1.29 is 13.7 Å². The third-order valence-corrected chi connectivity index (χ3v) is 4.22. The minimum atomic E-state index is -0.402. The summed E-state index contributed by atoms with van der Waals surface area (Å²) in [5, 5.41) is 6.56. The molecule has 6 heteroatoms. The maximum atomic E-state index is 13.7. The Bertz CT molecular complexity index is 665. The highest BCUT2D eigenvalue weighted by Crippen LogP contribution is 2.26. The Kier molecular flexibility index (Phi) is 5.00. The van der Waals surface area contributed by atoms with Gasteiger partial charge in [-0.15, -0.1) is 0 Å². The van der Waals surface area contributed by atoms with Crippen molar-refractivity contribution in [3.63, 3.8) is 0 Å². The van der Waals surface area contributed by atoms with Gasteiger partial charge >= 0.3 is 0 Å². The van der Waals surface area contributed by atoms with Crippen LogP contribution < -0.4 is 5.32 Å². The summed E-state index contributed by atoms with van der Waals surface area (Å²) in [5.41, 5.74) is 0.288. The van der Waals surface area contributed by atoms with Crippen LogP contribution >= 0.6 is 0 Å². The van der Waals surface area contributed by atoms with E-state index in [2.05, 4.69) is 15.5 Å². The van der Waals surface area contributed by atoms with Gasteiger partial charge in [0.25, 0.3) is 0 Å². The number of benzene rings is 1. The summed E-state index contributed by atoms with van der Waals surface area (Å²) in [6.07, 6.45) is 6.52. The van der Waals surface area contributed by atoms with Crippen molar-refractivity contribution in [1.82, 2.24) is 15.5 Å². The minimum absolute atomic E-state index is 0.00235. The molecule has 0 spiro atoms. The van der Waals surface area contributed by atoms with Crippen LogP contribution in [-0.4, -0.2) is 16.0 Å². The van der Waals surface area contributed by atoms with Crippen LogP contribution in [0, 0.1) is 11.7 Å². The van der Waals surface area contributed by atoms with Gasteiger partial charge < -0.3 is 9.84 Å². The smallest absolute Gasteiger partial charge is 0.246 e. The van der Waals surface area contributed by atoms with Crippen LogP contribution in [0.15, 0.2) is 28.8 Å². The molecule has 23 heavy (non-hydrogen) atoms. The monoisotopic (exact) mass is 317 g/mol. The lowest BCUT2D eigenvalue weighted by Crippen LogP contribution is -2.26. The van der Waals surface area contributed by atoms with Crippen molar-refractivity contribution in [2.45, 2.75) is 45.1 Å². The Hall–Kier alpha value is -2.24. The van der Waals surface area contributed by atoms with Crippen LogP contribution in [0.1, 0.15) is 44.4 Å². The second kappa shape index (κ2) is 7.35. The van der Waals surface area contributed by atoms with Gasteiger partial charge in [-0.25, -0.2) is 4.39 Å². The largest absolute Gasteiger partial charge is 0.347 e. The molecule has 0 saturated heterocycles. The second-order valence-corrected chi connectivity index (χ2v) is 5.98. The Morgan fingerprint density at radius 2 is 2.04 bits per heavy atom. The van der Waals surface area contributed by atoms with E-state index in [1.54, 1.807) is 18.2 Å². The number of hydrogen-bond acceptors (Lipinski definition) is 4. The number of nitrogens with zero attached hydrogens (tertiary/aromatic N) is 2. The molecule has 0 bridgehead atoms. The highest BCUT2D eigenvalue weighted by Gasteiger charge is 2.18. The fourth-order valence-electron chi connectivity index (χ4n) is 2.98. The number of aromatic nitrogens is 2. The van der Waals surface area contributed by atoms with Crippen molar-refractivity contribution in [3.8, 4) is 11.4 Å². The van der Waals surface area contributed by atoms with Gasteiger partial charge in [0.2, 0.25) is 17.6 Å². The summed E-state index contributed by atoms with van der Waals surface area (Å²) in [5.74, 6) is 0.559. The quantitative estimate of drug-likeness (QED) is 0.917. The number of amides is 1. The zero-order valence-corrected chi connectivity index (χ0v) is 12.9. The van der Waals surface area contributed by atoms with Crippen LogP contribution in [0.25, 0.3) is 11.4 Å². The van der Waals surface area contributed by atoms with Gasteiger partial charge in [-0.2, -0.15) is 4.98 Å². The Labute approximate surface area is 134 Å². The summed E-state index contributed by atoms with van der Waals surface area (Å²) >= 11 is 0. The van der Waals surface area contributed by atoms with Crippen LogP contribution in [0.5, 0.6) is 0 Å². The predicted molar refractivity (Wildman–Crippen MR) is 82.7 cm³/mol. The van der Waals surface area contributed by atoms with Gasteiger partial charge in [0.05, 0.1) is 12.1 Å². The van der Waals surface area contributed by atoms with E-state index in [1.165, 1.54) is 25.3 Å². The first-order valence-electron chi connectivity index (χ1n) is 8.06. The first-order valence-corrected chi connectivity index (χ1v) is 8.06. The Balaban J connectivity index is 1.53. The minimum Gasteiger partial charge on any atom is -0.347 e. The van der Waals surface area contributed by atoms with E-state index in [0.29, 0.717) is 12.3 Å². The predicted octanol–water partition coefficient (Wildman–Crippen LogP) is 3.46. The highest BCUT2D eigenvalue weighted by atomic mass is 19.1. The average Bonchev–Trinajstić information content (AvgIpc) is 3.03. The van der Waals surface area contributed by atoms with Crippen molar-refractivity contribution in [2.75, 3.05) is 0 Å². The van der Waals surface area contributed by atoms with E-state index >= 15 is 0 Å². The lowest BCUT2D eigenvalue weighted by atomic mass is 9.87. The molecule has 1 amide bonds. The second-order valence-electron chi connectivity index (χ2n) is 5.98. The number of carbonyl (C=O) groups is 1. The summed E-state index contributed by atoms with van der Waals surface area (Å²) in [6, 6.07) is 6.24. The molecule has 3 rings (SSSR count). The molecule has 1 aliphatic rings. The van der Waals surface area contributed by atoms with Crippen LogP contribution in [-0.2, 0) is 11.3 Å². The number of hydrogen-bond donors (Lipinski definition) is 1. The molecule has 1 fully saturated rings. The number of nitrogens with one attached hydrogen (secondary N) is 1. The van der Waals surface area contributed by atoms with E-state index < -0.39 is 5.82 Å². The first-order chi connectivity index (χ1) is 11.2. The fourth-order valence-corrected chi connectivity index (χ4v) is 2.98. The molecule has 122 valence electrons. The first kappa shape index (κ1) is 15.6. The van der Waals surface area contributed by atoms with Gasteiger partial charge in [0.1, 0.15) is 5.82 Å². The Morgan fingerprint density at radius 1 is 1.26 bits per heavy atom. The molecule has 1 aliphatic carbocycles. The standard InChI is InChI=1S/C17H20FN3O2/c18-14-9-5-4-8-13(14)17-20-16(23-21-17)11-19-15(22)10-12-6-2-1-3-7-12/h4-5,8-9,12H,1-3,6-7,10-11H2,(H,19,22). The third-order valence-electron chi connectivity index (χ3n) is 4.22. The molecule has 1 aromatic heterocycles. The molecule has 1 saturated carbocycles. The molecule has 2 aromatic rings. The zero-order valence-electron chi connectivity index (χ0n) is 12.9.